The van der Waals surface area contributed by atoms with E-state index in [9.17, 15) is 4.39 Å². The molecule has 1 atom stereocenters. The summed E-state index contributed by atoms with van der Waals surface area (Å²) in [6.07, 6.45) is 3.01. The maximum absolute atomic E-state index is 13.8. The Morgan fingerprint density at radius 3 is 2.63 bits per heavy atom. The Kier molecular flexibility index (Phi) is 7.40. The van der Waals surface area contributed by atoms with Crippen molar-refractivity contribution < 1.29 is 4.39 Å². The summed E-state index contributed by atoms with van der Waals surface area (Å²) < 4.78 is 13.8. The Labute approximate surface area is 121 Å². The van der Waals surface area contributed by atoms with E-state index in [-0.39, 0.29) is 5.82 Å². The highest BCUT2D eigenvalue weighted by Gasteiger charge is 2.14. The van der Waals surface area contributed by atoms with Crippen molar-refractivity contribution in [1.82, 2.24) is 5.32 Å². The first-order valence-corrected chi connectivity index (χ1v) is 7.55. The van der Waals surface area contributed by atoms with Gasteiger partial charge in [-0.1, -0.05) is 38.4 Å². The van der Waals surface area contributed by atoms with Crippen molar-refractivity contribution in [3.8, 4) is 0 Å². The summed E-state index contributed by atoms with van der Waals surface area (Å²) >= 11 is 5.79. The summed E-state index contributed by atoms with van der Waals surface area (Å²) in [5.41, 5.74) is 0.772. The number of rotatable bonds is 8. The third-order valence-corrected chi connectivity index (χ3v) is 3.42. The molecule has 0 aliphatic rings. The number of nitrogens with one attached hydrogen (secondary N) is 1. The molecule has 0 radical (unpaired) electrons. The lowest BCUT2D eigenvalue weighted by atomic mass is 9.90. The second kappa shape index (κ2) is 8.55. The summed E-state index contributed by atoms with van der Waals surface area (Å²) in [5, 5.41) is 3.91. The van der Waals surface area contributed by atoms with Gasteiger partial charge in [-0.25, -0.2) is 4.39 Å². The van der Waals surface area contributed by atoms with E-state index < -0.39 is 0 Å². The fraction of sp³-hybridized carbons (Fsp3) is 0.625. The van der Waals surface area contributed by atoms with Crippen LogP contribution in [0.4, 0.5) is 4.39 Å². The normalized spacial score (nSPS) is 12.9. The van der Waals surface area contributed by atoms with Crippen LogP contribution >= 0.6 is 11.6 Å². The molecule has 0 heterocycles. The van der Waals surface area contributed by atoms with Crippen LogP contribution in [0.5, 0.6) is 0 Å². The standard InChI is InChI=1S/C16H25ClFN/c1-4-7-19-11-13(8-12(2)3)9-14-5-6-15(17)10-16(14)18/h5-6,10,12-13,19H,4,7-9,11H2,1-3H3. The average molecular weight is 286 g/mol. The van der Waals surface area contributed by atoms with Crippen LogP contribution in [0.2, 0.25) is 5.02 Å². The first-order chi connectivity index (χ1) is 9.02. The maximum Gasteiger partial charge on any atom is 0.127 e. The zero-order valence-corrected chi connectivity index (χ0v) is 12.9. The topological polar surface area (TPSA) is 12.0 Å². The molecule has 0 spiro atoms. The number of hydrogen-bond donors (Lipinski definition) is 1. The molecule has 108 valence electrons. The second-order valence-corrected chi connectivity index (χ2v) is 6.08. The molecule has 0 saturated heterocycles. The van der Waals surface area contributed by atoms with Gasteiger partial charge in [-0.3, -0.25) is 0 Å². The van der Waals surface area contributed by atoms with Crippen molar-refractivity contribution in [2.45, 2.75) is 40.0 Å². The minimum atomic E-state index is -0.184. The van der Waals surface area contributed by atoms with E-state index in [2.05, 4.69) is 26.1 Å². The molecule has 0 aliphatic carbocycles. The summed E-state index contributed by atoms with van der Waals surface area (Å²) in [6, 6.07) is 4.99. The van der Waals surface area contributed by atoms with E-state index in [0.717, 1.165) is 37.9 Å². The molecule has 0 saturated carbocycles. The number of halogens is 2. The van der Waals surface area contributed by atoms with E-state index in [4.69, 9.17) is 11.6 Å². The van der Waals surface area contributed by atoms with Gasteiger partial charge in [-0.2, -0.15) is 0 Å². The molecule has 1 aromatic rings. The first kappa shape index (κ1) is 16.5. The third-order valence-electron chi connectivity index (χ3n) is 3.19. The number of hydrogen-bond acceptors (Lipinski definition) is 1. The molecule has 0 aromatic heterocycles. The maximum atomic E-state index is 13.8. The molecular weight excluding hydrogens is 261 g/mol. The van der Waals surface area contributed by atoms with Crippen molar-refractivity contribution >= 4 is 11.6 Å². The molecule has 1 unspecified atom stereocenters. The van der Waals surface area contributed by atoms with Crippen molar-refractivity contribution in [3.63, 3.8) is 0 Å². The van der Waals surface area contributed by atoms with Crippen LogP contribution in [0.3, 0.4) is 0 Å². The molecule has 0 amide bonds. The molecule has 19 heavy (non-hydrogen) atoms. The summed E-state index contributed by atoms with van der Waals surface area (Å²) in [7, 11) is 0. The van der Waals surface area contributed by atoms with Gasteiger partial charge in [-0.05, 0) is 61.9 Å². The van der Waals surface area contributed by atoms with Gasteiger partial charge in [0.2, 0.25) is 0 Å². The monoisotopic (exact) mass is 285 g/mol. The third kappa shape index (κ3) is 6.40. The highest BCUT2D eigenvalue weighted by molar-refractivity contribution is 6.30. The van der Waals surface area contributed by atoms with Gasteiger partial charge >= 0.3 is 0 Å². The second-order valence-electron chi connectivity index (χ2n) is 5.64. The molecule has 1 nitrogen and oxygen atoms in total. The molecule has 0 fully saturated rings. The average Bonchev–Trinajstić information content (AvgIpc) is 2.32. The van der Waals surface area contributed by atoms with Crippen LogP contribution in [-0.2, 0) is 6.42 Å². The lowest BCUT2D eigenvalue weighted by molar-refractivity contribution is 0.381. The first-order valence-electron chi connectivity index (χ1n) is 7.17. The van der Waals surface area contributed by atoms with E-state index >= 15 is 0 Å². The molecule has 1 N–H and O–H groups in total. The van der Waals surface area contributed by atoms with Crippen LogP contribution in [0.1, 0.15) is 39.2 Å². The molecule has 1 aromatic carbocycles. The van der Waals surface area contributed by atoms with Gasteiger partial charge in [0.05, 0.1) is 0 Å². The summed E-state index contributed by atoms with van der Waals surface area (Å²) in [6.45, 7) is 8.56. The van der Waals surface area contributed by atoms with Gasteiger partial charge in [0.15, 0.2) is 0 Å². The predicted octanol–water partition coefficient (Wildman–Crippen LogP) is 4.68. The van der Waals surface area contributed by atoms with Crippen molar-refractivity contribution in [2.24, 2.45) is 11.8 Å². The largest absolute Gasteiger partial charge is 0.316 e. The highest BCUT2D eigenvalue weighted by Crippen LogP contribution is 2.21. The molecular formula is C16H25ClFN. The van der Waals surface area contributed by atoms with Crippen LogP contribution in [0.25, 0.3) is 0 Å². The van der Waals surface area contributed by atoms with Crippen molar-refractivity contribution in [2.75, 3.05) is 13.1 Å². The van der Waals surface area contributed by atoms with E-state index in [1.807, 2.05) is 6.07 Å². The van der Waals surface area contributed by atoms with E-state index in [1.165, 1.54) is 6.07 Å². The molecule has 0 aliphatic heterocycles. The van der Waals surface area contributed by atoms with Crippen LogP contribution in [0.15, 0.2) is 18.2 Å². The zero-order valence-electron chi connectivity index (χ0n) is 12.2. The van der Waals surface area contributed by atoms with E-state index in [1.54, 1.807) is 6.07 Å². The Bertz CT molecular complexity index is 379. The minimum absolute atomic E-state index is 0.184. The summed E-state index contributed by atoms with van der Waals surface area (Å²) in [4.78, 5) is 0. The zero-order chi connectivity index (χ0) is 14.3. The van der Waals surface area contributed by atoms with Crippen molar-refractivity contribution in [3.05, 3.63) is 34.6 Å². The fourth-order valence-electron chi connectivity index (χ4n) is 2.39. The Hall–Kier alpha value is -0.600. The minimum Gasteiger partial charge on any atom is -0.316 e. The molecule has 1 rings (SSSR count). The molecule has 0 bridgehead atoms. The van der Waals surface area contributed by atoms with Gasteiger partial charge in [0, 0.05) is 5.02 Å². The fourth-order valence-corrected chi connectivity index (χ4v) is 2.55. The number of benzene rings is 1. The lowest BCUT2D eigenvalue weighted by Crippen LogP contribution is -2.26. The predicted molar refractivity (Wildman–Crippen MR) is 81.2 cm³/mol. The van der Waals surface area contributed by atoms with Crippen LogP contribution in [0, 0.1) is 17.7 Å². The van der Waals surface area contributed by atoms with E-state index in [0.29, 0.717) is 16.9 Å². The van der Waals surface area contributed by atoms with Gasteiger partial charge in [0.1, 0.15) is 5.82 Å². The Morgan fingerprint density at radius 1 is 1.32 bits per heavy atom. The van der Waals surface area contributed by atoms with Gasteiger partial charge in [0.25, 0.3) is 0 Å². The Balaban J connectivity index is 2.64. The Morgan fingerprint density at radius 2 is 2.05 bits per heavy atom. The smallest absolute Gasteiger partial charge is 0.127 e. The summed E-state index contributed by atoms with van der Waals surface area (Å²) in [5.74, 6) is 0.919. The van der Waals surface area contributed by atoms with Gasteiger partial charge < -0.3 is 5.32 Å². The lowest BCUT2D eigenvalue weighted by Gasteiger charge is -2.20. The van der Waals surface area contributed by atoms with Gasteiger partial charge in [-0.15, -0.1) is 0 Å². The molecule has 3 heteroatoms. The van der Waals surface area contributed by atoms with Crippen LogP contribution in [-0.4, -0.2) is 13.1 Å². The quantitative estimate of drug-likeness (QED) is 0.684. The highest BCUT2D eigenvalue weighted by atomic mass is 35.5. The SMILES string of the molecule is CCCNCC(Cc1ccc(Cl)cc1F)CC(C)C. The van der Waals surface area contributed by atoms with Crippen molar-refractivity contribution in [1.29, 1.82) is 0 Å². The van der Waals surface area contributed by atoms with Crippen LogP contribution < -0.4 is 5.32 Å².